The minimum absolute atomic E-state index is 0.0143. The van der Waals surface area contributed by atoms with Crippen molar-refractivity contribution in [2.75, 3.05) is 16.9 Å². The van der Waals surface area contributed by atoms with Gasteiger partial charge in [0.25, 0.3) is 0 Å². The molecule has 26 heavy (non-hydrogen) atoms. The Morgan fingerprint density at radius 1 is 1.19 bits per heavy atom. The lowest BCUT2D eigenvalue weighted by Gasteiger charge is -2.12. The van der Waals surface area contributed by atoms with Crippen LogP contribution in [0.1, 0.15) is 36.0 Å². The molecule has 8 nitrogen and oxygen atoms in total. The molecule has 2 aromatic rings. The number of carbonyl (C=O) groups excluding carboxylic acids is 2. The van der Waals surface area contributed by atoms with Crippen molar-refractivity contribution in [1.82, 2.24) is 9.97 Å². The van der Waals surface area contributed by atoms with Crippen molar-refractivity contribution in [1.29, 1.82) is 0 Å². The van der Waals surface area contributed by atoms with E-state index in [4.69, 9.17) is 0 Å². The Hall–Kier alpha value is -2.33. The summed E-state index contributed by atoms with van der Waals surface area (Å²) >= 11 is 0.851. The van der Waals surface area contributed by atoms with Crippen LogP contribution in [-0.2, 0) is 9.84 Å². The first-order chi connectivity index (χ1) is 12.3. The van der Waals surface area contributed by atoms with Crippen LogP contribution in [-0.4, -0.2) is 36.5 Å². The number of nitrogens with one attached hydrogen (secondary N) is 2. The molecule has 2 N–H and O–H groups in total. The Labute approximate surface area is 155 Å². The Morgan fingerprint density at radius 3 is 2.58 bits per heavy atom. The van der Waals surface area contributed by atoms with Crippen molar-refractivity contribution in [2.45, 2.75) is 29.9 Å². The summed E-state index contributed by atoms with van der Waals surface area (Å²) in [7, 11) is -3.38. The number of aromatic nitrogens is 2. The lowest BCUT2D eigenvalue weighted by molar-refractivity contribution is 0.0923. The van der Waals surface area contributed by atoms with Gasteiger partial charge in [-0.3, -0.25) is 15.4 Å². The van der Waals surface area contributed by atoms with E-state index in [0.29, 0.717) is 5.56 Å². The number of ketones is 1. The molecule has 2 heterocycles. The zero-order valence-electron chi connectivity index (χ0n) is 14.1. The average molecular weight is 394 g/mol. The lowest BCUT2D eigenvalue weighted by atomic mass is 9.97. The largest absolute Gasteiger partial charge is 0.326 e. The fourth-order valence-electron chi connectivity index (χ4n) is 2.84. The highest BCUT2D eigenvalue weighted by atomic mass is 32.2. The SMILES string of the molecule is CS(=O)(=O)c1cnc(NC(=O)Nc2ncccc2C(=O)C2CCCC2)s1. The minimum Gasteiger partial charge on any atom is -0.294 e. The van der Waals surface area contributed by atoms with Crippen LogP contribution in [0.4, 0.5) is 15.7 Å². The van der Waals surface area contributed by atoms with Crippen molar-refractivity contribution < 1.29 is 18.0 Å². The van der Waals surface area contributed by atoms with E-state index in [1.165, 1.54) is 12.4 Å². The first-order valence-corrected chi connectivity index (χ1v) is 10.8. The molecule has 2 aromatic heterocycles. The summed E-state index contributed by atoms with van der Waals surface area (Å²) in [6, 6.07) is 2.66. The van der Waals surface area contributed by atoms with Gasteiger partial charge < -0.3 is 0 Å². The summed E-state index contributed by atoms with van der Waals surface area (Å²) in [6.07, 6.45) is 7.52. The van der Waals surface area contributed by atoms with Crippen LogP contribution in [0, 0.1) is 5.92 Å². The van der Waals surface area contributed by atoms with Crippen LogP contribution in [0.15, 0.2) is 28.7 Å². The molecule has 0 aliphatic heterocycles. The van der Waals surface area contributed by atoms with Gasteiger partial charge in [0.2, 0.25) is 0 Å². The second kappa shape index (κ2) is 7.50. The number of nitrogens with zero attached hydrogens (tertiary/aromatic N) is 2. The smallest absolute Gasteiger partial charge is 0.294 e. The van der Waals surface area contributed by atoms with Crippen LogP contribution in [0.3, 0.4) is 0 Å². The van der Waals surface area contributed by atoms with Gasteiger partial charge in [-0.15, -0.1) is 0 Å². The van der Waals surface area contributed by atoms with Gasteiger partial charge >= 0.3 is 6.03 Å². The first-order valence-electron chi connectivity index (χ1n) is 8.08. The van der Waals surface area contributed by atoms with E-state index in [-0.39, 0.29) is 26.9 Å². The van der Waals surface area contributed by atoms with Gasteiger partial charge in [0.15, 0.2) is 20.8 Å². The molecule has 3 rings (SSSR count). The molecule has 1 fully saturated rings. The monoisotopic (exact) mass is 394 g/mol. The second-order valence-electron chi connectivity index (χ2n) is 6.08. The van der Waals surface area contributed by atoms with Crippen molar-refractivity contribution in [2.24, 2.45) is 5.92 Å². The van der Waals surface area contributed by atoms with Crippen LogP contribution in [0.2, 0.25) is 0 Å². The molecule has 0 radical (unpaired) electrons. The molecule has 2 amide bonds. The van der Waals surface area contributed by atoms with E-state index >= 15 is 0 Å². The third-order valence-corrected chi connectivity index (χ3v) is 6.80. The normalized spacial score (nSPS) is 15.0. The molecular formula is C16H18N4O4S2. The van der Waals surface area contributed by atoms with Crippen LogP contribution < -0.4 is 10.6 Å². The predicted molar refractivity (Wildman–Crippen MR) is 98.4 cm³/mol. The molecule has 0 aromatic carbocycles. The zero-order valence-corrected chi connectivity index (χ0v) is 15.7. The molecule has 1 aliphatic carbocycles. The number of thiazole rings is 1. The highest BCUT2D eigenvalue weighted by Crippen LogP contribution is 2.30. The number of hydrogen-bond donors (Lipinski definition) is 2. The molecule has 0 saturated heterocycles. The highest BCUT2D eigenvalue weighted by Gasteiger charge is 2.26. The number of anilines is 2. The summed E-state index contributed by atoms with van der Waals surface area (Å²) < 4.78 is 23.0. The lowest BCUT2D eigenvalue weighted by Crippen LogP contribution is -2.23. The Morgan fingerprint density at radius 2 is 1.92 bits per heavy atom. The summed E-state index contributed by atoms with van der Waals surface area (Å²) in [6.45, 7) is 0. The predicted octanol–water partition coefficient (Wildman–Crippen LogP) is 2.96. The van der Waals surface area contributed by atoms with Gasteiger partial charge in [0.1, 0.15) is 10.0 Å². The standard InChI is InChI=1S/C16H18N4O4S2/c1-26(23,24)12-9-18-16(25-12)20-15(22)19-14-11(7-4-8-17-14)13(21)10-5-2-3-6-10/h4,7-10H,2-3,5-6H2,1H3,(H2,17,18,19,20,22). The molecule has 0 atom stereocenters. The second-order valence-corrected chi connectivity index (χ2v) is 9.35. The summed E-state index contributed by atoms with van der Waals surface area (Å²) in [5, 5.41) is 5.15. The maximum Gasteiger partial charge on any atom is 0.326 e. The third kappa shape index (κ3) is 4.25. The quantitative estimate of drug-likeness (QED) is 0.753. The molecule has 0 spiro atoms. The number of carbonyl (C=O) groups is 2. The van der Waals surface area contributed by atoms with E-state index in [9.17, 15) is 18.0 Å². The number of amides is 2. The zero-order chi connectivity index (χ0) is 18.7. The molecule has 0 unspecified atom stereocenters. The maximum atomic E-state index is 12.6. The van der Waals surface area contributed by atoms with E-state index in [2.05, 4.69) is 20.6 Å². The molecule has 0 bridgehead atoms. The molecule has 10 heteroatoms. The molecule has 138 valence electrons. The van der Waals surface area contributed by atoms with Gasteiger partial charge in [0.05, 0.1) is 11.8 Å². The fraction of sp³-hybridized carbons (Fsp3) is 0.375. The molecule has 1 aliphatic rings. The highest BCUT2D eigenvalue weighted by molar-refractivity contribution is 7.92. The first kappa shape index (κ1) is 18.5. The Balaban J connectivity index is 1.71. The van der Waals surface area contributed by atoms with Crippen molar-refractivity contribution >= 4 is 43.9 Å². The minimum atomic E-state index is -3.38. The number of urea groups is 1. The van der Waals surface area contributed by atoms with Gasteiger partial charge in [-0.2, -0.15) is 0 Å². The summed E-state index contributed by atoms with van der Waals surface area (Å²) in [4.78, 5) is 32.8. The number of Topliss-reactive ketones (excluding diaryl/α,β-unsaturated/α-hetero) is 1. The van der Waals surface area contributed by atoms with Crippen LogP contribution >= 0.6 is 11.3 Å². The number of hydrogen-bond acceptors (Lipinski definition) is 7. The molecule has 1 saturated carbocycles. The van der Waals surface area contributed by atoms with E-state index in [0.717, 1.165) is 43.3 Å². The van der Waals surface area contributed by atoms with Crippen LogP contribution in [0.25, 0.3) is 0 Å². The number of rotatable bonds is 5. The van der Waals surface area contributed by atoms with E-state index in [1.54, 1.807) is 12.1 Å². The van der Waals surface area contributed by atoms with Gasteiger partial charge in [0, 0.05) is 18.4 Å². The van der Waals surface area contributed by atoms with Crippen molar-refractivity contribution in [3.05, 3.63) is 30.1 Å². The van der Waals surface area contributed by atoms with Gasteiger partial charge in [-0.1, -0.05) is 24.2 Å². The van der Waals surface area contributed by atoms with E-state index in [1.807, 2.05) is 0 Å². The van der Waals surface area contributed by atoms with Gasteiger partial charge in [-0.05, 0) is 25.0 Å². The topological polar surface area (TPSA) is 118 Å². The maximum absolute atomic E-state index is 12.6. The summed E-state index contributed by atoms with van der Waals surface area (Å²) in [5.74, 6) is 0.139. The number of sulfone groups is 1. The third-order valence-electron chi connectivity index (χ3n) is 4.10. The van der Waals surface area contributed by atoms with E-state index < -0.39 is 15.9 Å². The van der Waals surface area contributed by atoms with Crippen LogP contribution in [0.5, 0.6) is 0 Å². The Kier molecular flexibility index (Phi) is 5.33. The molecular weight excluding hydrogens is 376 g/mol. The fourth-order valence-corrected chi connectivity index (χ4v) is 4.47. The van der Waals surface area contributed by atoms with Crippen molar-refractivity contribution in [3.63, 3.8) is 0 Å². The average Bonchev–Trinajstić information content (AvgIpc) is 3.25. The Bertz CT molecular complexity index is 933. The van der Waals surface area contributed by atoms with Crippen molar-refractivity contribution in [3.8, 4) is 0 Å². The summed E-state index contributed by atoms with van der Waals surface area (Å²) in [5.41, 5.74) is 0.380. The van der Waals surface area contributed by atoms with Gasteiger partial charge in [-0.25, -0.2) is 23.2 Å². The number of pyridine rings is 1.